The summed E-state index contributed by atoms with van der Waals surface area (Å²) in [7, 11) is 1.58. The Balaban J connectivity index is 4.08. The summed E-state index contributed by atoms with van der Waals surface area (Å²) in [6, 6.07) is -0.843. The molecule has 0 aliphatic heterocycles. The molecule has 372 valence electrons. The molecule has 0 aliphatic carbocycles. The topological polar surface area (TPSA) is 105 Å². The van der Waals surface area contributed by atoms with Crippen molar-refractivity contribution in [2.75, 3.05) is 40.9 Å². The van der Waals surface area contributed by atoms with E-state index in [9.17, 15) is 19.4 Å². The van der Waals surface area contributed by atoms with Crippen molar-refractivity contribution in [2.45, 2.75) is 264 Å². The third kappa shape index (κ3) is 48.5. The van der Waals surface area contributed by atoms with Gasteiger partial charge in [-0.05, 0) is 51.4 Å². The first-order valence-corrected chi connectivity index (χ1v) is 28.4. The highest BCUT2D eigenvalue weighted by Gasteiger charge is 2.27. The molecule has 0 saturated carbocycles. The minimum atomic E-state index is -4.34. The Kier molecular flexibility index (Phi) is 44.9. The molecule has 0 spiro atoms. The van der Waals surface area contributed by atoms with Crippen LogP contribution in [0.1, 0.15) is 251 Å². The van der Waals surface area contributed by atoms with Gasteiger partial charge in [-0.3, -0.25) is 13.8 Å². The van der Waals surface area contributed by atoms with Crippen LogP contribution in [0, 0.1) is 0 Å². The average Bonchev–Trinajstić information content (AvgIpc) is 3.24. The van der Waals surface area contributed by atoms with Crippen LogP contribution in [0.25, 0.3) is 0 Å². The number of amides is 1. The van der Waals surface area contributed by atoms with Crippen LogP contribution in [0.15, 0.2) is 36.5 Å². The number of aliphatic hydroxyl groups excluding tert-OH is 1. The molecular formula is C54H106N2O6P+. The van der Waals surface area contributed by atoms with E-state index >= 15 is 0 Å². The molecular weight excluding hydrogens is 804 g/mol. The van der Waals surface area contributed by atoms with Crippen LogP contribution in [-0.4, -0.2) is 73.4 Å². The number of hydrogen-bond donors (Lipinski definition) is 3. The molecule has 0 heterocycles. The van der Waals surface area contributed by atoms with Gasteiger partial charge >= 0.3 is 7.82 Å². The molecule has 3 unspecified atom stereocenters. The molecule has 63 heavy (non-hydrogen) atoms. The summed E-state index contributed by atoms with van der Waals surface area (Å²) >= 11 is 0. The summed E-state index contributed by atoms with van der Waals surface area (Å²) in [5.74, 6) is -0.176. The van der Waals surface area contributed by atoms with Crippen molar-refractivity contribution in [1.29, 1.82) is 0 Å². The number of carbonyl (C=O) groups excluding carboxylic acids is 1. The fraction of sp³-hybridized carbons (Fsp3) is 0.870. The fourth-order valence-electron chi connectivity index (χ4n) is 7.84. The van der Waals surface area contributed by atoms with Crippen molar-refractivity contribution in [1.82, 2.24) is 5.32 Å². The summed E-state index contributed by atoms with van der Waals surface area (Å²) in [6.07, 6.45) is 58.1. The number of phosphoric acid groups is 1. The predicted molar refractivity (Wildman–Crippen MR) is 272 cm³/mol. The summed E-state index contributed by atoms with van der Waals surface area (Å²) < 4.78 is 23.6. The lowest BCUT2D eigenvalue weighted by Crippen LogP contribution is -2.45. The van der Waals surface area contributed by atoms with E-state index in [1.54, 1.807) is 6.08 Å². The average molecular weight is 910 g/mol. The molecule has 1 amide bonds. The highest BCUT2D eigenvalue weighted by atomic mass is 31.2. The maximum absolute atomic E-state index is 12.9. The van der Waals surface area contributed by atoms with Crippen LogP contribution < -0.4 is 5.32 Å². The summed E-state index contributed by atoms with van der Waals surface area (Å²) in [4.78, 5) is 23.2. The predicted octanol–water partition coefficient (Wildman–Crippen LogP) is 15.8. The standard InChI is InChI=1S/C54H105N2O6P/c1-6-8-10-12-14-16-18-20-21-22-23-24-25-26-27-28-29-30-31-32-33-34-35-36-38-40-42-44-46-48-54(58)55-52(51-62-63(59,60)61-50-49-56(3,4)5)53(57)47-45-43-41-39-37-19-17-15-13-11-9-7-2/h18,20,22-23,45,47,52-53,57H,6-17,19,21,24-44,46,48-51H2,1-5H3,(H-,55,58,59,60)/p+1/b20-18-,23-22-,47-45+. The number of likely N-dealkylation sites (N-methyl/N-ethyl adjacent to an activating group) is 1. The second-order valence-corrected chi connectivity index (χ2v) is 21.1. The van der Waals surface area contributed by atoms with Gasteiger partial charge in [-0.25, -0.2) is 4.57 Å². The molecule has 0 aliphatic rings. The lowest BCUT2D eigenvalue weighted by atomic mass is 10.0. The Bertz CT molecular complexity index is 1120. The molecule has 9 heteroatoms. The van der Waals surface area contributed by atoms with Gasteiger partial charge in [-0.2, -0.15) is 0 Å². The fourth-order valence-corrected chi connectivity index (χ4v) is 8.57. The van der Waals surface area contributed by atoms with E-state index in [-0.39, 0.29) is 19.1 Å². The molecule has 0 fully saturated rings. The van der Waals surface area contributed by atoms with E-state index in [2.05, 4.69) is 43.5 Å². The Morgan fingerprint density at radius 2 is 0.905 bits per heavy atom. The summed E-state index contributed by atoms with van der Waals surface area (Å²) in [5, 5.41) is 13.9. The zero-order chi connectivity index (χ0) is 46.4. The molecule has 0 aromatic heterocycles. The number of quaternary nitrogens is 1. The van der Waals surface area contributed by atoms with Crippen LogP contribution in [0.3, 0.4) is 0 Å². The zero-order valence-corrected chi connectivity index (χ0v) is 43.2. The van der Waals surface area contributed by atoms with Crippen molar-refractivity contribution < 1.29 is 32.9 Å². The number of unbranched alkanes of at least 4 members (excludes halogenated alkanes) is 32. The van der Waals surface area contributed by atoms with Gasteiger partial charge in [-0.1, -0.05) is 230 Å². The van der Waals surface area contributed by atoms with E-state index in [1.165, 1.54) is 186 Å². The molecule has 8 nitrogen and oxygen atoms in total. The summed E-state index contributed by atoms with van der Waals surface area (Å²) in [5.41, 5.74) is 0. The van der Waals surface area contributed by atoms with Gasteiger partial charge in [0.1, 0.15) is 13.2 Å². The smallest absolute Gasteiger partial charge is 0.387 e. The maximum atomic E-state index is 12.9. The number of phosphoric ester groups is 1. The zero-order valence-electron chi connectivity index (χ0n) is 42.3. The molecule has 0 radical (unpaired) electrons. The van der Waals surface area contributed by atoms with Gasteiger partial charge in [0.15, 0.2) is 0 Å². The van der Waals surface area contributed by atoms with Crippen LogP contribution in [-0.2, 0) is 18.4 Å². The van der Waals surface area contributed by atoms with Crippen molar-refractivity contribution in [2.24, 2.45) is 0 Å². The van der Waals surface area contributed by atoms with Crippen molar-refractivity contribution in [3.63, 3.8) is 0 Å². The van der Waals surface area contributed by atoms with Crippen molar-refractivity contribution >= 4 is 13.7 Å². The Labute approximate surface area is 391 Å². The minimum absolute atomic E-state index is 0.0625. The number of rotatable bonds is 49. The number of nitrogens with zero attached hydrogens (tertiary/aromatic N) is 1. The van der Waals surface area contributed by atoms with Gasteiger partial charge < -0.3 is 19.8 Å². The van der Waals surface area contributed by atoms with Crippen molar-refractivity contribution in [3.8, 4) is 0 Å². The van der Waals surface area contributed by atoms with E-state index < -0.39 is 20.0 Å². The lowest BCUT2D eigenvalue weighted by molar-refractivity contribution is -0.870. The third-order valence-electron chi connectivity index (χ3n) is 12.1. The van der Waals surface area contributed by atoms with E-state index in [0.717, 1.165) is 44.9 Å². The molecule has 3 atom stereocenters. The molecule has 0 bridgehead atoms. The van der Waals surface area contributed by atoms with Gasteiger partial charge in [-0.15, -0.1) is 0 Å². The Morgan fingerprint density at radius 3 is 1.30 bits per heavy atom. The number of carbonyl (C=O) groups is 1. The van der Waals surface area contributed by atoms with Crippen LogP contribution in [0.5, 0.6) is 0 Å². The second-order valence-electron chi connectivity index (χ2n) is 19.6. The monoisotopic (exact) mass is 910 g/mol. The Morgan fingerprint density at radius 1 is 0.540 bits per heavy atom. The number of hydrogen-bond acceptors (Lipinski definition) is 5. The number of allylic oxidation sites excluding steroid dienone is 5. The first-order chi connectivity index (χ1) is 30.5. The molecule has 3 N–H and O–H groups in total. The van der Waals surface area contributed by atoms with Gasteiger partial charge in [0.25, 0.3) is 0 Å². The quantitative estimate of drug-likeness (QED) is 0.0243. The van der Waals surface area contributed by atoms with Gasteiger partial charge in [0.05, 0.1) is 39.9 Å². The maximum Gasteiger partial charge on any atom is 0.472 e. The first-order valence-electron chi connectivity index (χ1n) is 26.9. The largest absolute Gasteiger partial charge is 0.472 e. The van der Waals surface area contributed by atoms with Crippen molar-refractivity contribution in [3.05, 3.63) is 36.5 Å². The van der Waals surface area contributed by atoms with E-state index in [4.69, 9.17) is 9.05 Å². The van der Waals surface area contributed by atoms with E-state index in [0.29, 0.717) is 17.4 Å². The molecule has 0 rings (SSSR count). The molecule has 0 aromatic rings. The van der Waals surface area contributed by atoms with Gasteiger partial charge in [0, 0.05) is 6.42 Å². The van der Waals surface area contributed by atoms with Crippen LogP contribution in [0.4, 0.5) is 0 Å². The first kappa shape index (κ1) is 61.7. The number of nitrogens with one attached hydrogen (secondary N) is 1. The molecule has 0 saturated heterocycles. The second kappa shape index (κ2) is 45.9. The molecule has 0 aromatic carbocycles. The number of aliphatic hydroxyl groups is 1. The van der Waals surface area contributed by atoms with Crippen LogP contribution in [0.2, 0.25) is 0 Å². The Hall–Kier alpha value is -1.28. The lowest BCUT2D eigenvalue weighted by Gasteiger charge is -2.25. The van der Waals surface area contributed by atoms with Crippen LogP contribution >= 0.6 is 7.82 Å². The normalized spacial score (nSPS) is 14.3. The summed E-state index contributed by atoms with van der Waals surface area (Å²) in [6.45, 7) is 4.81. The highest BCUT2D eigenvalue weighted by Crippen LogP contribution is 2.43. The SMILES string of the molecule is CCCCCCC/C=C\C/C=C\CCCCCCCCCCCCCCCCCCCC(=O)NC(COP(=O)(O)OCC[N+](C)(C)C)C(O)/C=C/CCCCCCCCCCCC. The van der Waals surface area contributed by atoms with E-state index in [1.807, 2.05) is 27.2 Å². The van der Waals surface area contributed by atoms with Gasteiger partial charge in [0.2, 0.25) is 5.91 Å². The third-order valence-corrected chi connectivity index (χ3v) is 13.1. The minimum Gasteiger partial charge on any atom is -0.387 e. The highest BCUT2D eigenvalue weighted by molar-refractivity contribution is 7.47.